The van der Waals surface area contributed by atoms with E-state index in [1.165, 1.54) is 4.90 Å². The molecule has 0 aliphatic rings. The molecule has 1 aromatic heterocycles. The smallest absolute Gasteiger partial charge is 0.323 e. The predicted octanol–water partition coefficient (Wildman–Crippen LogP) is 1.87. The SMILES string of the molecule is CCCN(CC(=O)O)C(=O)c1ccccc1Cn1cccn1. The topological polar surface area (TPSA) is 75.4 Å². The number of hydrogen-bond acceptors (Lipinski definition) is 3. The quantitative estimate of drug-likeness (QED) is 0.847. The highest BCUT2D eigenvalue weighted by Crippen LogP contribution is 2.14. The molecule has 0 aliphatic heterocycles. The van der Waals surface area contributed by atoms with Crippen LogP contribution in [0.1, 0.15) is 29.3 Å². The molecule has 2 aromatic rings. The molecule has 6 heteroatoms. The summed E-state index contributed by atoms with van der Waals surface area (Å²) in [5, 5.41) is 13.1. The summed E-state index contributed by atoms with van der Waals surface area (Å²) in [7, 11) is 0. The highest BCUT2D eigenvalue weighted by atomic mass is 16.4. The van der Waals surface area contributed by atoms with E-state index in [-0.39, 0.29) is 12.5 Å². The van der Waals surface area contributed by atoms with Gasteiger partial charge in [0.05, 0.1) is 6.54 Å². The first kappa shape index (κ1) is 15.8. The first-order valence-corrected chi connectivity index (χ1v) is 7.18. The average Bonchev–Trinajstić information content (AvgIpc) is 2.99. The maximum atomic E-state index is 12.7. The van der Waals surface area contributed by atoms with Gasteiger partial charge in [0, 0.05) is 24.5 Å². The fourth-order valence-electron chi connectivity index (χ4n) is 2.29. The van der Waals surface area contributed by atoms with Gasteiger partial charge in [-0.25, -0.2) is 0 Å². The van der Waals surface area contributed by atoms with Crippen molar-refractivity contribution < 1.29 is 14.7 Å². The largest absolute Gasteiger partial charge is 0.480 e. The molecule has 0 atom stereocenters. The van der Waals surface area contributed by atoms with E-state index in [1.54, 1.807) is 23.0 Å². The van der Waals surface area contributed by atoms with E-state index in [9.17, 15) is 9.59 Å². The van der Waals surface area contributed by atoms with Crippen molar-refractivity contribution in [2.75, 3.05) is 13.1 Å². The van der Waals surface area contributed by atoms with E-state index in [1.807, 2.05) is 31.3 Å². The van der Waals surface area contributed by atoms with Gasteiger partial charge < -0.3 is 10.0 Å². The molecule has 0 radical (unpaired) electrons. The Kier molecular flexibility index (Phi) is 5.30. The lowest BCUT2D eigenvalue weighted by Gasteiger charge is -2.21. The highest BCUT2D eigenvalue weighted by molar-refractivity contribution is 5.97. The molecule has 1 N–H and O–H groups in total. The lowest BCUT2D eigenvalue weighted by molar-refractivity contribution is -0.137. The van der Waals surface area contributed by atoms with Crippen LogP contribution in [-0.2, 0) is 11.3 Å². The maximum Gasteiger partial charge on any atom is 0.323 e. The number of aromatic nitrogens is 2. The number of hydrogen-bond donors (Lipinski definition) is 1. The minimum Gasteiger partial charge on any atom is -0.480 e. The Morgan fingerprint density at radius 1 is 1.27 bits per heavy atom. The van der Waals surface area contributed by atoms with Gasteiger partial charge in [0.2, 0.25) is 0 Å². The highest BCUT2D eigenvalue weighted by Gasteiger charge is 2.20. The second-order valence-electron chi connectivity index (χ2n) is 4.98. The molecular weight excluding hydrogens is 282 g/mol. The zero-order chi connectivity index (χ0) is 15.9. The molecule has 22 heavy (non-hydrogen) atoms. The molecule has 6 nitrogen and oxygen atoms in total. The second-order valence-corrected chi connectivity index (χ2v) is 4.98. The van der Waals surface area contributed by atoms with Crippen molar-refractivity contribution in [3.05, 3.63) is 53.9 Å². The molecule has 1 heterocycles. The lowest BCUT2D eigenvalue weighted by Crippen LogP contribution is -2.36. The van der Waals surface area contributed by atoms with Crippen LogP contribution < -0.4 is 0 Å². The standard InChI is InChI=1S/C16H19N3O3/c1-2-9-18(12-15(20)21)16(22)14-7-4-3-6-13(14)11-19-10-5-8-17-19/h3-8,10H,2,9,11-12H2,1H3,(H,20,21). The number of amides is 1. The van der Waals surface area contributed by atoms with E-state index < -0.39 is 5.97 Å². The van der Waals surface area contributed by atoms with Crippen LogP contribution in [0, 0.1) is 0 Å². The van der Waals surface area contributed by atoms with Crippen LogP contribution >= 0.6 is 0 Å². The van der Waals surface area contributed by atoms with Gasteiger partial charge in [0.15, 0.2) is 0 Å². The Hall–Kier alpha value is -2.63. The number of rotatable bonds is 7. The molecule has 1 aromatic carbocycles. The van der Waals surface area contributed by atoms with Crippen LogP contribution in [0.4, 0.5) is 0 Å². The van der Waals surface area contributed by atoms with Gasteiger partial charge in [-0.15, -0.1) is 0 Å². The maximum absolute atomic E-state index is 12.7. The lowest BCUT2D eigenvalue weighted by atomic mass is 10.1. The number of benzene rings is 1. The van der Waals surface area contributed by atoms with Gasteiger partial charge in [-0.2, -0.15) is 5.10 Å². The van der Waals surface area contributed by atoms with E-state index >= 15 is 0 Å². The first-order valence-electron chi connectivity index (χ1n) is 7.18. The minimum absolute atomic E-state index is 0.257. The molecule has 0 spiro atoms. The molecule has 1 amide bonds. The molecule has 116 valence electrons. The van der Waals surface area contributed by atoms with Crippen molar-refractivity contribution in [3.63, 3.8) is 0 Å². The average molecular weight is 301 g/mol. The molecule has 2 rings (SSSR count). The number of carbonyl (C=O) groups is 2. The van der Waals surface area contributed by atoms with E-state index in [0.29, 0.717) is 25.1 Å². The third kappa shape index (κ3) is 3.94. The third-order valence-electron chi connectivity index (χ3n) is 3.25. The summed E-state index contributed by atoms with van der Waals surface area (Å²) in [4.78, 5) is 25.0. The van der Waals surface area contributed by atoms with Crippen LogP contribution in [0.3, 0.4) is 0 Å². The fourth-order valence-corrected chi connectivity index (χ4v) is 2.29. The van der Waals surface area contributed by atoms with Crippen LogP contribution in [0.5, 0.6) is 0 Å². The van der Waals surface area contributed by atoms with E-state index in [2.05, 4.69) is 5.10 Å². The van der Waals surface area contributed by atoms with Crippen molar-refractivity contribution in [1.82, 2.24) is 14.7 Å². The zero-order valence-corrected chi connectivity index (χ0v) is 12.5. The monoisotopic (exact) mass is 301 g/mol. The first-order chi connectivity index (χ1) is 10.6. The summed E-state index contributed by atoms with van der Waals surface area (Å²) < 4.78 is 1.73. The van der Waals surface area contributed by atoms with Gasteiger partial charge in [-0.3, -0.25) is 14.3 Å². The van der Waals surface area contributed by atoms with Gasteiger partial charge in [-0.05, 0) is 24.1 Å². The normalized spacial score (nSPS) is 10.4. The van der Waals surface area contributed by atoms with Crippen LogP contribution in [0.25, 0.3) is 0 Å². The van der Waals surface area contributed by atoms with E-state index in [0.717, 1.165) is 5.56 Å². The van der Waals surface area contributed by atoms with Crippen LogP contribution in [0.2, 0.25) is 0 Å². The van der Waals surface area contributed by atoms with Crippen LogP contribution in [-0.4, -0.2) is 44.8 Å². The Morgan fingerprint density at radius 3 is 2.68 bits per heavy atom. The molecule has 0 bridgehead atoms. The third-order valence-corrected chi connectivity index (χ3v) is 3.25. The number of carbonyl (C=O) groups excluding carboxylic acids is 1. The van der Waals surface area contributed by atoms with Crippen molar-refractivity contribution in [2.45, 2.75) is 19.9 Å². The molecule has 0 unspecified atom stereocenters. The summed E-state index contributed by atoms with van der Waals surface area (Å²) in [6, 6.07) is 9.05. The minimum atomic E-state index is -1.01. The van der Waals surface area contributed by atoms with Gasteiger partial charge in [0.25, 0.3) is 5.91 Å². The summed E-state index contributed by atoms with van der Waals surface area (Å²) in [6.45, 7) is 2.52. The molecule has 0 aliphatic carbocycles. The van der Waals surface area contributed by atoms with Crippen molar-refractivity contribution in [2.24, 2.45) is 0 Å². The fraction of sp³-hybridized carbons (Fsp3) is 0.312. The summed E-state index contributed by atoms with van der Waals surface area (Å²) >= 11 is 0. The molecular formula is C16H19N3O3. The van der Waals surface area contributed by atoms with Crippen molar-refractivity contribution >= 4 is 11.9 Å². The summed E-state index contributed by atoms with van der Waals surface area (Å²) in [6.07, 6.45) is 4.21. The van der Waals surface area contributed by atoms with Gasteiger partial charge in [0.1, 0.15) is 6.54 Å². The van der Waals surface area contributed by atoms with Crippen LogP contribution in [0.15, 0.2) is 42.7 Å². The Morgan fingerprint density at radius 2 is 2.05 bits per heavy atom. The Bertz CT molecular complexity index is 638. The van der Waals surface area contributed by atoms with E-state index in [4.69, 9.17) is 5.11 Å². The molecule has 0 saturated carbocycles. The predicted molar refractivity (Wildman–Crippen MR) is 81.6 cm³/mol. The Balaban J connectivity index is 2.26. The van der Waals surface area contributed by atoms with Crippen molar-refractivity contribution in [1.29, 1.82) is 0 Å². The zero-order valence-electron chi connectivity index (χ0n) is 12.5. The van der Waals surface area contributed by atoms with Crippen molar-refractivity contribution in [3.8, 4) is 0 Å². The van der Waals surface area contributed by atoms with Gasteiger partial charge in [-0.1, -0.05) is 25.1 Å². The molecule has 0 saturated heterocycles. The summed E-state index contributed by atoms with van der Waals surface area (Å²) in [5.41, 5.74) is 1.34. The number of carboxylic acids is 1. The van der Waals surface area contributed by atoms with Gasteiger partial charge >= 0.3 is 5.97 Å². The number of carboxylic acid groups (broad SMARTS) is 1. The number of aliphatic carboxylic acids is 1. The second kappa shape index (κ2) is 7.40. The summed E-state index contributed by atoms with van der Waals surface area (Å²) in [5.74, 6) is -1.27. The molecule has 0 fully saturated rings. The number of nitrogens with zero attached hydrogens (tertiary/aromatic N) is 3. The Labute approximate surface area is 129 Å².